The van der Waals surface area contributed by atoms with Gasteiger partial charge in [0.25, 0.3) is 0 Å². The van der Waals surface area contributed by atoms with Crippen LogP contribution in [0.25, 0.3) is 51.1 Å². The van der Waals surface area contributed by atoms with Crippen LogP contribution in [0.4, 0.5) is 8.78 Å². The number of hydrogen-bond donors (Lipinski definition) is 2. The van der Waals surface area contributed by atoms with Gasteiger partial charge in [-0.15, -0.1) is 0 Å². The summed E-state index contributed by atoms with van der Waals surface area (Å²) in [6, 6.07) is 15.3. The van der Waals surface area contributed by atoms with Crippen molar-refractivity contribution in [3.05, 3.63) is 116 Å². The second kappa shape index (κ2) is 13.7. The molecule has 0 aliphatic rings. The number of aromatic carboxylic acids is 2. The number of fused-ring (bicyclic) bond motifs is 2. The fraction of sp³-hybridized carbons (Fsp3) is 0.0882. The smallest absolute Gasteiger partial charge is 0.354 e. The van der Waals surface area contributed by atoms with Crippen molar-refractivity contribution < 1.29 is 28.6 Å². The molecule has 0 atom stereocenters. The number of allylic oxidation sites excluding steroid dienone is 1. The second-order valence-electron chi connectivity index (χ2n) is 11.2. The Bertz CT molecular complexity index is 2500. The molecule has 0 aliphatic carbocycles. The van der Waals surface area contributed by atoms with E-state index in [1.807, 2.05) is 13.8 Å². The quantitative estimate of drug-likeness (QED) is 0.171. The number of aromatic nitrogens is 8. The van der Waals surface area contributed by atoms with Crippen LogP contribution >= 0.6 is 31.9 Å². The number of hydrogen-bond acceptors (Lipinski definition) is 7. The Labute approximate surface area is 298 Å². The van der Waals surface area contributed by atoms with Crippen molar-refractivity contribution in [2.45, 2.75) is 13.8 Å². The summed E-state index contributed by atoms with van der Waals surface area (Å²) in [6.07, 6.45) is 5.14. The van der Waals surface area contributed by atoms with Crippen LogP contribution < -0.4 is 0 Å². The van der Waals surface area contributed by atoms with Gasteiger partial charge in [-0.1, -0.05) is 37.4 Å². The molecule has 12 nitrogen and oxygen atoms in total. The number of benzene rings is 2. The Balaban J connectivity index is 0.000000174. The molecule has 16 heteroatoms. The van der Waals surface area contributed by atoms with Crippen LogP contribution in [0.5, 0.6) is 0 Å². The lowest BCUT2D eigenvalue weighted by atomic mass is 10.1. The Morgan fingerprint density at radius 3 is 1.76 bits per heavy atom. The molecule has 0 saturated heterocycles. The third-order valence-corrected chi connectivity index (χ3v) is 8.16. The highest BCUT2D eigenvalue weighted by Gasteiger charge is 2.19. The molecule has 7 rings (SSSR count). The first kappa shape index (κ1) is 34.3. The summed E-state index contributed by atoms with van der Waals surface area (Å²) in [4.78, 5) is 30.9. The number of halogens is 4. The Morgan fingerprint density at radius 2 is 1.28 bits per heavy atom. The lowest BCUT2D eigenvalue weighted by Crippen LogP contribution is -2.05. The minimum absolute atomic E-state index is 0.0854. The highest BCUT2D eigenvalue weighted by Crippen LogP contribution is 2.29. The van der Waals surface area contributed by atoms with Crippen LogP contribution in [0.15, 0.2) is 87.6 Å². The van der Waals surface area contributed by atoms with E-state index in [0.29, 0.717) is 59.7 Å². The molecular formula is C34H24Br2F2N8O4. The number of aryl methyl sites for hydroxylation is 1. The number of carbonyl (C=O) groups is 2. The van der Waals surface area contributed by atoms with E-state index in [1.54, 1.807) is 66.6 Å². The maximum absolute atomic E-state index is 14.3. The Hall–Kier alpha value is -5.61. The van der Waals surface area contributed by atoms with Crippen LogP contribution in [-0.4, -0.2) is 61.1 Å². The van der Waals surface area contributed by atoms with E-state index in [-0.39, 0.29) is 11.4 Å². The van der Waals surface area contributed by atoms with Crippen LogP contribution in [0.2, 0.25) is 0 Å². The fourth-order valence-electron chi connectivity index (χ4n) is 5.01. The first-order chi connectivity index (χ1) is 23.8. The topological polar surface area (TPSA) is 153 Å². The van der Waals surface area contributed by atoms with Crippen molar-refractivity contribution in [2.24, 2.45) is 7.05 Å². The van der Waals surface area contributed by atoms with E-state index in [4.69, 9.17) is 0 Å². The standard InChI is InChI=1S/C17H11BrFN5O2.C17H13BrFN3O2/c1-23-8-9(7-20-23)15-5-14(17(25)26)21-16-6-13(22-24(15)16)11-3-2-10(18)4-12(11)19;1-9(2)5-11-7-15(17(23)24)20-16-8-14(21-22(11)16)12-4-3-10(18)6-13(12)19/h2-8H,1H3,(H,25,26);3-8H,1-2H3,(H,23,24). The van der Waals surface area contributed by atoms with E-state index in [1.165, 1.54) is 33.3 Å². The second-order valence-corrected chi connectivity index (χ2v) is 13.0. The van der Waals surface area contributed by atoms with Gasteiger partial charge < -0.3 is 10.2 Å². The summed E-state index contributed by atoms with van der Waals surface area (Å²) in [5.74, 6) is -3.15. The van der Waals surface area contributed by atoms with Gasteiger partial charge in [0.2, 0.25) is 0 Å². The normalized spacial score (nSPS) is 11.0. The largest absolute Gasteiger partial charge is 0.477 e. The van der Waals surface area contributed by atoms with Crippen molar-refractivity contribution in [1.29, 1.82) is 0 Å². The molecule has 0 spiro atoms. The molecular weight excluding hydrogens is 782 g/mol. The predicted octanol–water partition coefficient (Wildman–Crippen LogP) is 7.82. The zero-order chi connectivity index (χ0) is 35.9. The third kappa shape index (κ3) is 7.06. The van der Waals surface area contributed by atoms with Gasteiger partial charge in [-0.05, 0) is 68.5 Å². The SMILES string of the molecule is CC(C)=Cc1cc(C(=O)O)nc2cc(-c3ccc(Br)cc3F)nn12.Cn1cc(-c2cc(C(=O)O)nc3cc(-c4ccc(Br)cc4F)nn23)cn1. The molecule has 0 fully saturated rings. The summed E-state index contributed by atoms with van der Waals surface area (Å²) in [5, 5.41) is 31.5. The van der Waals surface area contributed by atoms with Gasteiger partial charge >= 0.3 is 11.9 Å². The average Bonchev–Trinajstić information content (AvgIpc) is 3.78. The van der Waals surface area contributed by atoms with Crippen LogP contribution in [0, 0.1) is 11.6 Å². The van der Waals surface area contributed by atoms with Crippen LogP contribution in [0.1, 0.15) is 40.5 Å². The number of rotatable bonds is 6. The van der Waals surface area contributed by atoms with Gasteiger partial charge in [0, 0.05) is 51.0 Å². The summed E-state index contributed by atoms with van der Waals surface area (Å²) in [5.41, 5.74) is 4.53. The minimum atomic E-state index is -1.16. The maximum Gasteiger partial charge on any atom is 0.354 e. The van der Waals surface area contributed by atoms with Gasteiger partial charge in [-0.2, -0.15) is 15.3 Å². The van der Waals surface area contributed by atoms with Gasteiger partial charge in [0.05, 0.1) is 29.0 Å². The van der Waals surface area contributed by atoms with E-state index in [0.717, 1.165) is 5.57 Å². The molecule has 0 saturated carbocycles. The van der Waals surface area contributed by atoms with Gasteiger partial charge in [0.15, 0.2) is 22.7 Å². The van der Waals surface area contributed by atoms with Crippen LogP contribution in [0.3, 0.4) is 0 Å². The summed E-state index contributed by atoms with van der Waals surface area (Å²) >= 11 is 6.44. The highest BCUT2D eigenvalue weighted by molar-refractivity contribution is 9.10. The number of nitrogens with zero attached hydrogens (tertiary/aromatic N) is 8. The van der Waals surface area contributed by atoms with E-state index < -0.39 is 23.6 Å². The lowest BCUT2D eigenvalue weighted by molar-refractivity contribution is 0.0680. The molecule has 0 radical (unpaired) electrons. The first-order valence-electron chi connectivity index (χ1n) is 14.6. The average molecular weight is 806 g/mol. The summed E-state index contributed by atoms with van der Waals surface area (Å²) in [6.45, 7) is 3.79. The minimum Gasteiger partial charge on any atom is -0.477 e. The van der Waals surface area contributed by atoms with Crippen molar-refractivity contribution in [3.63, 3.8) is 0 Å². The van der Waals surface area contributed by atoms with Gasteiger partial charge in [-0.3, -0.25) is 4.68 Å². The van der Waals surface area contributed by atoms with Crippen molar-refractivity contribution in [1.82, 2.24) is 39.0 Å². The molecule has 2 aromatic carbocycles. The summed E-state index contributed by atoms with van der Waals surface area (Å²) < 4.78 is 34.3. The number of carboxylic acid groups (broad SMARTS) is 2. The highest BCUT2D eigenvalue weighted by atomic mass is 79.9. The molecule has 0 bridgehead atoms. The zero-order valence-corrected chi connectivity index (χ0v) is 29.5. The molecule has 0 amide bonds. The molecule has 7 aromatic rings. The maximum atomic E-state index is 14.3. The van der Waals surface area contributed by atoms with Crippen molar-refractivity contribution >= 4 is 61.2 Å². The monoisotopic (exact) mass is 804 g/mol. The molecule has 0 aliphatic heterocycles. The van der Waals surface area contributed by atoms with Crippen LogP contribution in [-0.2, 0) is 7.05 Å². The van der Waals surface area contributed by atoms with Gasteiger partial charge in [0.1, 0.15) is 11.6 Å². The summed E-state index contributed by atoms with van der Waals surface area (Å²) in [7, 11) is 1.76. The third-order valence-electron chi connectivity index (χ3n) is 7.17. The predicted molar refractivity (Wildman–Crippen MR) is 188 cm³/mol. The van der Waals surface area contributed by atoms with Gasteiger partial charge in [-0.25, -0.2) is 37.4 Å². The fourth-order valence-corrected chi connectivity index (χ4v) is 5.67. The molecule has 252 valence electrons. The molecule has 50 heavy (non-hydrogen) atoms. The number of carboxylic acids is 2. The van der Waals surface area contributed by atoms with E-state index >= 15 is 0 Å². The zero-order valence-electron chi connectivity index (χ0n) is 26.3. The van der Waals surface area contributed by atoms with E-state index in [2.05, 4.69) is 57.1 Å². The molecule has 2 N–H and O–H groups in total. The molecule has 0 unspecified atom stereocenters. The molecule has 5 heterocycles. The Kier molecular flexibility index (Phi) is 9.40. The van der Waals surface area contributed by atoms with Crippen molar-refractivity contribution in [2.75, 3.05) is 0 Å². The van der Waals surface area contributed by atoms with Crippen molar-refractivity contribution in [3.8, 4) is 33.8 Å². The lowest BCUT2D eigenvalue weighted by Gasteiger charge is -2.04. The first-order valence-corrected chi connectivity index (χ1v) is 16.2. The molecule has 5 aromatic heterocycles. The Morgan fingerprint density at radius 1 is 0.760 bits per heavy atom. The van der Waals surface area contributed by atoms with E-state index in [9.17, 15) is 28.6 Å².